The van der Waals surface area contributed by atoms with Crippen molar-refractivity contribution >= 4 is 18.0 Å². The Morgan fingerprint density at radius 2 is 1.52 bits per heavy atom. The van der Waals surface area contributed by atoms with Crippen LogP contribution in [0.1, 0.15) is 22.0 Å². The summed E-state index contributed by atoms with van der Waals surface area (Å²) in [6.45, 7) is 0. The van der Waals surface area contributed by atoms with E-state index in [0.717, 1.165) is 4.90 Å². The molecule has 0 saturated carbocycles. The van der Waals surface area contributed by atoms with E-state index in [0.29, 0.717) is 5.56 Å². The number of benzene rings is 2. The molecule has 2 amide bonds. The molecular formula is C17H13NO5. The van der Waals surface area contributed by atoms with Gasteiger partial charge in [0.2, 0.25) is 6.10 Å². The Labute approximate surface area is 131 Å². The van der Waals surface area contributed by atoms with Crippen LogP contribution < -0.4 is 0 Å². The maximum Gasteiger partial charge on any atom is 0.418 e. The van der Waals surface area contributed by atoms with Gasteiger partial charge in [0.05, 0.1) is 0 Å². The van der Waals surface area contributed by atoms with Crippen molar-refractivity contribution in [1.29, 1.82) is 0 Å². The number of carbonyl (C=O) groups excluding carboxylic acids is 2. The summed E-state index contributed by atoms with van der Waals surface area (Å²) in [5.74, 6) is -1.89. The summed E-state index contributed by atoms with van der Waals surface area (Å²) in [4.78, 5) is 37.0. The van der Waals surface area contributed by atoms with Crippen LogP contribution in [0.4, 0.5) is 4.79 Å². The molecule has 0 aliphatic carbocycles. The topological polar surface area (TPSA) is 83.9 Å². The lowest BCUT2D eigenvalue weighted by Crippen LogP contribution is -2.37. The van der Waals surface area contributed by atoms with E-state index in [1.165, 1.54) is 0 Å². The largest absolute Gasteiger partial charge is 0.478 e. The number of hydrogen-bond donors (Lipinski definition) is 1. The Hall–Kier alpha value is -3.15. The summed E-state index contributed by atoms with van der Waals surface area (Å²) >= 11 is 0. The molecule has 1 aliphatic heterocycles. The number of carboxylic acid groups (broad SMARTS) is 1. The average Bonchev–Trinajstić information content (AvgIpc) is 2.93. The first-order valence-corrected chi connectivity index (χ1v) is 6.96. The number of amides is 2. The summed E-state index contributed by atoms with van der Waals surface area (Å²) < 4.78 is 4.91. The highest BCUT2D eigenvalue weighted by molar-refractivity contribution is 6.05. The van der Waals surface area contributed by atoms with Crippen LogP contribution in [-0.4, -0.2) is 34.1 Å². The van der Waals surface area contributed by atoms with Crippen molar-refractivity contribution < 1.29 is 24.2 Å². The highest BCUT2D eigenvalue weighted by atomic mass is 16.6. The highest BCUT2D eigenvalue weighted by Gasteiger charge is 2.50. The maximum absolute atomic E-state index is 12.6. The second kappa shape index (κ2) is 5.92. The summed E-state index contributed by atoms with van der Waals surface area (Å²) in [6.07, 6.45) is -2.39. The molecule has 1 heterocycles. The fourth-order valence-electron chi connectivity index (χ4n) is 2.57. The molecule has 2 aromatic rings. The number of rotatable bonds is 3. The first-order chi connectivity index (χ1) is 11.1. The fraction of sp³-hybridized carbons (Fsp3) is 0.118. The Kier molecular flexibility index (Phi) is 3.80. The molecule has 0 spiro atoms. The zero-order chi connectivity index (χ0) is 16.4. The van der Waals surface area contributed by atoms with Crippen molar-refractivity contribution in [3.8, 4) is 0 Å². The minimum Gasteiger partial charge on any atom is -0.478 e. The van der Waals surface area contributed by atoms with Gasteiger partial charge in [-0.25, -0.2) is 14.5 Å². The van der Waals surface area contributed by atoms with E-state index in [2.05, 4.69) is 0 Å². The number of imide groups is 1. The van der Waals surface area contributed by atoms with Crippen LogP contribution in [0.3, 0.4) is 0 Å². The van der Waals surface area contributed by atoms with E-state index >= 15 is 0 Å². The van der Waals surface area contributed by atoms with Gasteiger partial charge in [-0.05, 0) is 17.7 Å². The van der Waals surface area contributed by atoms with E-state index < -0.39 is 30.1 Å². The predicted molar refractivity (Wildman–Crippen MR) is 79.7 cm³/mol. The van der Waals surface area contributed by atoms with Gasteiger partial charge in [-0.3, -0.25) is 4.79 Å². The van der Waals surface area contributed by atoms with Gasteiger partial charge in [-0.2, -0.15) is 0 Å². The van der Waals surface area contributed by atoms with Gasteiger partial charge < -0.3 is 9.84 Å². The van der Waals surface area contributed by atoms with E-state index in [1.54, 1.807) is 60.7 Å². The van der Waals surface area contributed by atoms with Crippen molar-refractivity contribution in [2.75, 3.05) is 0 Å². The highest BCUT2D eigenvalue weighted by Crippen LogP contribution is 2.34. The molecule has 116 valence electrons. The SMILES string of the molecule is O=C(O)[C@@H]1OC(=O)N(C(=O)c2ccccc2)[C@@H]1c1ccccc1. The van der Waals surface area contributed by atoms with Crippen molar-refractivity contribution in [3.05, 3.63) is 71.8 Å². The molecule has 0 aromatic heterocycles. The Bertz CT molecular complexity index is 744. The minimum atomic E-state index is -1.43. The standard InChI is InChI=1S/C17H13NO5/c19-15(12-9-5-2-6-10-12)18-13(11-7-3-1-4-8-11)14(16(20)21)23-17(18)22/h1-10,13-14H,(H,20,21)/t13-,14-/m1/s1. The summed E-state index contributed by atoms with van der Waals surface area (Å²) in [6, 6.07) is 15.7. The fourth-order valence-corrected chi connectivity index (χ4v) is 2.57. The summed E-state index contributed by atoms with van der Waals surface area (Å²) in [5.41, 5.74) is 0.812. The van der Waals surface area contributed by atoms with Gasteiger partial charge >= 0.3 is 12.1 Å². The van der Waals surface area contributed by atoms with Gasteiger partial charge in [-0.1, -0.05) is 48.5 Å². The number of nitrogens with zero attached hydrogens (tertiary/aromatic N) is 1. The summed E-state index contributed by atoms with van der Waals surface area (Å²) in [7, 11) is 0. The lowest BCUT2D eigenvalue weighted by atomic mass is 10.00. The number of aliphatic carboxylic acids is 1. The molecule has 1 saturated heterocycles. The number of carbonyl (C=O) groups is 3. The van der Waals surface area contributed by atoms with Gasteiger partial charge in [0.25, 0.3) is 5.91 Å². The number of cyclic esters (lactones) is 1. The van der Waals surface area contributed by atoms with Crippen molar-refractivity contribution in [1.82, 2.24) is 4.90 Å². The molecule has 1 aliphatic rings. The smallest absolute Gasteiger partial charge is 0.418 e. The first-order valence-electron chi connectivity index (χ1n) is 6.96. The van der Waals surface area contributed by atoms with E-state index in [-0.39, 0.29) is 5.56 Å². The monoisotopic (exact) mass is 311 g/mol. The van der Waals surface area contributed by atoms with E-state index in [4.69, 9.17) is 4.74 Å². The third-order valence-electron chi connectivity index (χ3n) is 3.61. The molecule has 23 heavy (non-hydrogen) atoms. The maximum atomic E-state index is 12.6. The molecule has 2 aromatic carbocycles. The average molecular weight is 311 g/mol. The third-order valence-corrected chi connectivity index (χ3v) is 3.61. The van der Waals surface area contributed by atoms with Gasteiger partial charge in [0.1, 0.15) is 6.04 Å². The van der Waals surface area contributed by atoms with Crippen molar-refractivity contribution in [2.45, 2.75) is 12.1 Å². The van der Waals surface area contributed by atoms with Gasteiger partial charge in [-0.15, -0.1) is 0 Å². The normalized spacial score (nSPS) is 20.2. The van der Waals surface area contributed by atoms with Crippen LogP contribution in [0.15, 0.2) is 60.7 Å². The van der Waals surface area contributed by atoms with Crippen LogP contribution in [0.2, 0.25) is 0 Å². The summed E-state index contributed by atoms with van der Waals surface area (Å²) in [5, 5.41) is 9.32. The second-order valence-corrected chi connectivity index (χ2v) is 5.04. The lowest BCUT2D eigenvalue weighted by Gasteiger charge is -2.22. The van der Waals surface area contributed by atoms with Crippen LogP contribution in [0.5, 0.6) is 0 Å². The zero-order valence-corrected chi connectivity index (χ0v) is 12.0. The van der Waals surface area contributed by atoms with Crippen LogP contribution >= 0.6 is 0 Å². The number of carboxylic acids is 1. The molecule has 6 nitrogen and oxygen atoms in total. The molecule has 1 fully saturated rings. The molecule has 3 rings (SSSR count). The van der Waals surface area contributed by atoms with E-state index in [1.807, 2.05) is 0 Å². The Morgan fingerprint density at radius 1 is 0.957 bits per heavy atom. The first kappa shape index (κ1) is 14.8. The second-order valence-electron chi connectivity index (χ2n) is 5.04. The predicted octanol–water partition coefficient (Wildman–Crippen LogP) is 2.47. The van der Waals surface area contributed by atoms with E-state index in [9.17, 15) is 19.5 Å². The molecule has 0 unspecified atom stereocenters. The third kappa shape index (κ3) is 2.66. The van der Waals surface area contributed by atoms with Crippen molar-refractivity contribution in [3.63, 3.8) is 0 Å². The zero-order valence-electron chi connectivity index (χ0n) is 12.0. The van der Waals surface area contributed by atoms with Crippen molar-refractivity contribution in [2.24, 2.45) is 0 Å². The number of hydrogen-bond acceptors (Lipinski definition) is 4. The number of ether oxygens (including phenoxy) is 1. The molecular weight excluding hydrogens is 298 g/mol. The Balaban J connectivity index is 2.04. The van der Waals surface area contributed by atoms with Gasteiger partial charge in [0, 0.05) is 5.56 Å². The van der Waals surface area contributed by atoms with Crippen LogP contribution in [-0.2, 0) is 9.53 Å². The molecule has 2 atom stereocenters. The van der Waals surface area contributed by atoms with Crippen LogP contribution in [0, 0.1) is 0 Å². The Morgan fingerprint density at radius 3 is 2.09 bits per heavy atom. The minimum absolute atomic E-state index is 0.288. The molecule has 0 bridgehead atoms. The van der Waals surface area contributed by atoms with Crippen LogP contribution in [0.25, 0.3) is 0 Å². The van der Waals surface area contributed by atoms with Gasteiger partial charge in [0.15, 0.2) is 0 Å². The quantitative estimate of drug-likeness (QED) is 0.941. The molecule has 1 N–H and O–H groups in total. The molecule has 0 radical (unpaired) electrons. The molecule has 6 heteroatoms. The lowest BCUT2D eigenvalue weighted by molar-refractivity contribution is -0.146.